The molecule has 3 rings (SSSR count). The molecular formula is C17H23N3O3S. The van der Waals surface area contributed by atoms with Gasteiger partial charge in [0, 0.05) is 11.3 Å². The molecule has 2 fully saturated rings. The summed E-state index contributed by atoms with van der Waals surface area (Å²) in [5.41, 5.74) is 1.67. The van der Waals surface area contributed by atoms with Gasteiger partial charge in [-0.25, -0.2) is 4.79 Å². The van der Waals surface area contributed by atoms with E-state index in [1.165, 1.54) is 4.88 Å². The van der Waals surface area contributed by atoms with E-state index in [2.05, 4.69) is 17.7 Å². The molecule has 1 spiro atoms. The van der Waals surface area contributed by atoms with E-state index >= 15 is 0 Å². The van der Waals surface area contributed by atoms with E-state index < -0.39 is 11.6 Å². The minimum Gasteiger partial charge on any atom is -0.322 e. The molecule has 1 saturated carbocycles. The number of hydrazine groups is 1. The largest absolute Gasteiger partial charge is 0.344 e. The second-order valence-corrected chi connectivity index (χ2v) is 7.84. The summed E-state index contributed by atoms with van der Waals surface area (Å²) in [6.07, 6.45) is 4.92. The summed E-state index contributed by atoms with van der Waals surface area (Å²) in [5, 5.41) is 5.68. The fraction of sp³-hybridized carbons (Fsp3) is 0.588. The van der Waals surface area contributed by atoms with Gasteiger partial charge in [0.15, 0.2) is 0 Å². The van der Waals surface area contributed by atoms with Gasteiger partial charge < -0.3 is 5.32 Å². The van der Waals surface area contributed by atoms with Crippen LogP contribution >= 0.6 is 11.3 Å². The highest BCUT2D eigenvalue weighted by Gasteiger charge is 2.52. The number of hydrogen-bond donors (Lipinski definition) is 2. The average molecular weight is 349 g/mol. The van der Waals surface area contributed by atoms with Gasteiger partial charge in [-0.1, -0.05) is 13.0 Å². The van der Waals surface area contributed by atoms with E-state index in [9.17, 15) is 14.4 Å². The number of carbonyl (C=O) groups is 3. The van der Waals surface area contributed by atoms with Crippen molar-refractivity contribution in [2.75, 3.05) is 0 Å². The van der Waals surface area contributed by atoms with E-state index in [4.69, 9.17) is 0 Å². The van der Waals surface area contributed by atoms with Crippen LogP contribution in [0.3, 0.4) is 0 Å². The quantitative estimate of drug-likeness (QED) is 0.802. The van der Waals surface area contributed by atoms with Crippen LogP contribution in [0.15, 0.2) is 17.5 Å². The van der Waals surface area contributed by atoms with Crippen LogP contribution in [0.5, 0.6) is 0 Å². The highest BCUT2D eigenvalue weighted by Crippen LogP contribution is 2.35. The van der Waals surface area contributed by atoms with Gasteiger partial charge in [-0.3, -0.25) is 15.0 Å². The lowest BCUT2D eigenvalue weighted by Crippen LogP contribution is -2.51. The molecule has 2 aliphatic rings. The fourth-order valence-corrected chi connectivity index (χ4v) is 4.13. The Balaban J connectivity index is 1.52. The zero-order valence-electron chi connectivity index (χ0n) is 13.8. The van der Waals surface area contributed by atoms with Crippen LogP contribution < -0.4 is 10.7 Å². The lowest BCUT2D eigenvalue weighted by Gasteiger charge is -2.33. The second-order valence-electron chi connectivity index (χ2n) is 6.80. The summed E-state index contributed by atoms with van der Waals surface area (Å²) >= 11 is 1.66. The topological polar surface area (TPSA) is 78.5 Å². The molecule has 2 heterocycles. The minimum atomic E-state index is -0.812. The van der Waals surface area contributed by atoms with Crippen LogP contribution in [-0.2, 0) is 16.0 Å². The lowest BCUT2D eigenvalue weighted by molar-refractivity contribution is -0.140. The Morgan fingerprint density at radius 3 is 2.83 bits per heavy atom. The third-order valence-corrected chi connectivity index (χ3v) is 5.87. The zero-order valence-corrected chi connectivity index (χ0v) is 14.7. The van der Waals surface area contributed by atoms with E-state index in [1.807, 2.05) is 17.5 Å². The molecule has 1 aliphatic carbocycles. The maximum atomic E-state index is 12.6. The van der Waals surface area contributed by atoms with Gasteiger partial charge >= 0.3 is 6.03 Å². The number of urea groups is 1. The van der Waals surface area contributed by atoms with Crippen molar-refractivity contribution in [1.82, 2.24) is 15.8 Å². The summed E-state index contributed by atoms with van der Waals surface area (Å²) in [6.45, 7) is 2.15. The first-order valence-corrected chi connectivity index (χ1v) is 9.37. The number of nitrogens with zero attached hydrogens (tertiary/aromatic N) is 1. The van der Waals surface area contributed by atoms with E-state index in [-0.39, 0.29) is 11.8 Å². The zero-order chi connectivity index (χ0) is 17.2. The first-order chi connectivity index (χ1) is 11.5. The molecule has 1 aromatic heterocycles. The van der Waals surface area contributed by atoms with Crippen LogP contribution in [0, 0.1) is 5.92 Å². The SMILES string of the molecule is CC1CCC2(CC1)NC(=O)N(NC(=O)CCCc1cccs1)C2=O. The Bertz CT molecular complexity index is 621. The number of hydrogen-bond acceptors (Lipinski definition) is 4. The number of rotatable bonds is 5. The lowest BCUT2D eigenvalue weighted by atomic mass is 9.77. The van der Waals surface area contributed by atoms with E-state index in [0.717, 1.165) is 24.3 Å². The average Bonchev–Trinajstić information content (AvgIpc) is 3.14. The maximum absolute atomic E-state index is 12.6. The minimum absolute atomic E-state index is 0.291. The number of aryl methyl sites for hydroxylation is 1. The number of thiophene rings is 1. The van der Waals surface area contributed by atoms with Gasteiger partial charge in [0.05, 0.1) is 0 Å². The van der Waals surface area contributed by atoms with Gasteiger partial charge in [-0.05, 0) is 55.9 Å². The summed E-state index contributed by atoms with van der Waals surface area (Å²) < 4.78 is 0. The highest BCUT2D eigenvalue weighted by molar-refractivity contribution is 7.09. The van der Waals surface area contributed by atoms with Crippen molar-refractivity contribution in [3.8, 4) is 0 Å². The van der Waals surface area contributed by atoms with Gasteiger partial charge in [-0.2, -0.15) is 5.01 Å². The first kappa shape index (κ1) is 17.0. The van der Waals surface area contributed by atoms with Crippen molar-refractivity contribution >= 4 is 29.2 Å². The number of carbonyl (C=O) groups excluding carboxylic acids is 3. The molecule has 1 aromatic rings. The number of amides is 4. The molecule has 130 valence electrons. The maximum Gasteiger partial charge on any atom is 0.344 e. The monoisotopic (exact) mass is 349 g/mol. The fourth-order valence-electron chi connectivity index (χ4n) is 3.37. The molecule has 4 amide bonds. The highest BCUT2D eigenvalue weighted by atomic mass is 32.1. The van der Waals surface area contributed by atoms with Crippen molar-refractivity contribution in [3.05, 3.63) is 22.4 Å². The van der Waals surface area contributed by atoms with Crippen LogP contribution in [-0.4, -0.2) is 28.4 Å². The number of imide groups is 1. The second kappa shape index (κ2) is 6.93. The van der Waals surface area contributed by atoms with E-state index in [1.54, 1.807) is 11.3 Å². The van der Waals surface area contributed by atoms with Crippen molar-refractivity contribution in [3.63, 3.8) is 0 Å². The standard InChI is InChI=1S/C17H23N3O3S/c1-12-7-9-17(10-8-12)15(22)20(16(23)18-17)19-14(21)6-2-4-13-5-3-11-24-13/h3,5,11-12H,2,4,6-10H2,1H3,(H,18,23)(H,19,21). The predicted molar refractivity (Wildman–Crippen MR) is 91.1 cm³/mol. The Kier molecular flexibility index (Phi) is 4.89. The van der Waals surface area contributed by atoms with Gasteiger partial charge in [-0.15, -0.1) is 11.3 Å². The molecule has 6 nitrogen and oxygen atoms in total. The predicted octanol–water partition coefficient (Wildman–Crippen LogP) is 2.60. The molecule has 0 aromatic carbocycles. The third-order valence-electron chi connectivity index (χ3n) is 4.93. The van der Waals surface area contributed by atoms with Crippen molar-refractivity contribution in [2.24, 2.45) is 5.92 Å². The normalized spacial score (nSPS) is 26.7. The molecule has 0 radical (unpaired) electrons. The van der Waals surface area contributed by atoms with Crippen LogP contribution in [0.25, 0.3) is 0 Å². The Labute approximate surface area is 145 Å². The van der Waals surface area contributed by atoms with Crippen molar-refractivity contribution < 1.29 is 14.4 Å². The number of nitrogens with one attached hydrogen (secondary N) is 2. The summed E-state index contributed by atoms with van der Waals surface area (Å²) in [4.78, 5) is 38.0. The molecule has 0 unspecified atom stereocenters. The summed E-state index contributed by atoms with van der Waals surface area (Å²) in [7, 11) is 0. The van der Waals surface area contributed by atoms with Crippen LogP contribution in [0.4, 0.5) is 4.79 Å². The Morgan fingerprint density at radius 2 is 2.17 bits per heavy atom. The molecule has 1 aliphatic heterocycles. The third kappa shape index (κ3) is 3.45. The molecule has 0 atom stereocenters. The molecule has 24 heavy (non-hydrogen) atoms. The van der Waals surface area contributed by atoms with Crippen molar-refractivity contribution in [1.29, 1.82) is 0 Å². The Morgan fingerprint density at radius 1 is 1.42 bits per heavy atom. The van der Waals surface area contributed by atoms with Gasteiger partial charge in [0.1, 0.15) is 5.54 Å². The van der Waals surface area contributed by atoms with Gasteiger partial charge in [0.25, 0.3) is 5.91 Å². The van der Waals surface area contributed by atoms with Crippen molar-refractivity contribution in [2.45, 2.75) is 57.4 Å². The Hall–Kier alpha value is -1.89. The van der Waals surface area contributed by atoms with Crippen LogP contribution in [0.2, 0.25) is 0 Å². The summed E-state index contributed by atoms with van der Waals surface area (Å²) in [6, 6.07) is 3.51. The van der Waals surface area contributed by atoms with E-state index in [0.29, 0.717) is 31.6 Å². The molecule has 1 saturated heterocycles. The van der Waals surface area contributed by atoms with Gasteiger partial charge in [0.2, 0.25) is 5.91 Å². The smallest absolute Gasteiger partial charge is 0.322 e. The van der Waals surface area contributed by atoms with Crippen LogP contribution in [0.1, 0.15) is 50.3 Å². The summed E-state index contributed by atoms with van der Waals surface area (Å²) in [5.74, 6) is -0.0384. The molecule has 7 heteroatoms. The molecule has 0 bridgehead atoms. The molecule has 2 N–H and O–H groups in total. The molecular weight excluding hydrogens is 326 g/mol. The first-order valence-electron chi connectivity index (χ1n) is 8.49.